The summed E-state index contributed by atoms with van der Waals surface area (Å²) in [7, 11) is 5.40. The smallest absolute Gasteiger partial charge is 0.305 e. The zero-order valence-electron chi connectivity index (χ0n) is 19.3. The fraction of sp³-hybridized carbons (Fsp3) is 0.818. The first-order chi connectivity index (χ1) is 14.9. The molecule has 180 valence electrons. The summed E-state index contributed by atoms with van der Waals surface area (Å²) in [4.78, 5) is 45.7. The molecule has 0 N–H and O–H groups in total. The second kappa shape index (κ2) is 18.6. The van der Waals surface area contributed by atoms with Crippen LogP contribution in [-0.4, -0.2) is 64.5 Å². The quantitative estimate of drug-likeness (QED) is 0.178. The lowest BCUT2D eigenvalue weighted by Gasteiger charge is -2.25. The van der Waals surface area contributed by atoms with E-state index in [0.29, 0.717) is 51.4 Å². The predicted octanol–water partition coefficient (Wildman–Crippen LogP) is 3.11. The van der Waals surface area contributed by atoms with Crippen LogP contribution in [0.2, 0.25) is 0 Å². The molecule has 0 spiro atoms. The summed E-state index contributed by atoms with van der Waals surface area (Å²) in [5.41, 5.74) is 0. The first kappa shape index (κ1) is 28.8. The minimum absolute atomic E-state index is 0.208. The number of hydrogen-bond donors (Lipinski definition) is 0. The number of carbonyl (C=O) groups is 4. The Balaban J connectivity index is 4.82. The Bertz CT molecular complexity index is 487. The Morgan fingerprint density at radius 3 is 1.13 bits per heavy atom. The van der Waals surface area contributed by atoms with E-state index in [4.69, 9.17) is 14.2 Å². The maximum absolute atomic E-state index is 11.6. The molecule has 0 aliphatic heterocycles. The van der Waals surface area contributed by atoms with Crippen LogP contribution in [0.25, 0.3) is 0 Å². The van der Waals surface area contributed by atoms with Gasteiger partial charge in [0.1, 0.15) is 0 Å². The second-order valence-electron chi connectivity index (χ2n) is 7.25. The molecule has 0 aliphatic carbocycles. The molecule has 0 aromatic rings. The van der Waals surface area contributed by atoms with Gasteiger partial charge in [-0.25, -0.2) is 0 Å². The van der Waals surface area contributed by atoms with Crippen molar-refractivity contribution >= 4 is 23.9 Å². The van der Waals surface area contributed by atoms with Crippen molar-refractivity contribution in [3.63, 3.8) is 0 Å². The number of methoxy groups -OCH3 is 4. The van der Waals surface area contributed by atoms with Gasteiger partial charge in [0, 0.05) is 25.7 Å². The van der Waals surface area contributed by atoms with Crippen molar-refractivity contribution in [3.05, 3.63) is 0 Å². The van der Waals surface area contributed by atoms with Crippen molar-refractivity contribution in [3.8, 4) is 0 Å². The lowest BCUT2D eigenvalue weighted by Crippen LogP contribution is -2.24. The van der Waals surface area contributed by atoms with Gasteiger partial charge in [-0.1, -0.05) is 12.8 Å². The molecule has 0 heterocycles. The molecule has 9 nitrogen and oxygen atoms in total. The van der Waals surface area contributed by atoms with Gasteiger partial charge in [0.2, 0.25) is 0 Å². The van der Waals surface area contributed by atoms with Crippen molar-refractivity contribution < 1.29 is 42.9 Å². The molecule has 0 rings (SSSR count). The molecule has 9 heteroatoms. The lowest BCUT2D eigenvalue weighted by molar-refractivity contribution is -0.142. The summed E-state index contributed by atoms with van der Waals surface area (Å²) < 4.78 is 25.0. The summed E-state index contributed by atoms with van der Waals surface area (Å²) in [6, 6.07) is 0. The highest BCUT2D eigenvalue weighted by atomic mass is 16.5. The van der Waals surface area contributed by atoms with Crippen LogP contribution in [0.3, 0.4) is 0 Å². The van der Waals surface area contributed by atoms with Crippen LogP contribution < -0.4 is 0 Å². The molecule has 0 saturated carbocycles. The van der Waals surface area contributed by atoms with Crippen LogP contribution in [0, 0.1) is 0 Å². The number of unbranched alkanes of at least 4 members (excludes halogenated alkanes) is 2. The minimum atomic E-state index is -0.313. The van der Waals surface area contributed by atoms with E-state index in [2.05, 4.69) is 9.47 Å². The maximum Gasteiger partial charge on any atom is 0.305 e. The largest absolute Gasteiger partial charge is 0.469 e. The highest BCUT2D eigenvalue weighted by molar-refractivity contribution is 5.70. The topological polar surface area (TPSA) is 114 Å². The van der Waals surface area contributed by atoms with Crippen LogP contribution in [0.4, 0.5) is 0 Å². The Labute approximate surface area is 185 Å². The first-order valence-electron chi connectivity index (χ1n) is 10.8. The maximum atomic E-state index is 11.6. The highest BCUT2D eigenvalue weighted by Crippen LogP contribution is 2.21. The first-order valence-corrected chi connectivity index (χ1v) is 10.8. The van der Waals surface area contributed by atoms with Gasteiger partial charge in [0.15, 0.2) is 0 Å². The third-order valence-corrected chi connectivity index (χ3v) is 4.95. The minimum Gasteiger partial charge on any atom is -0.469 e. The van der Waals surface area contributed by atoms with E-state index < -0.39 is 0 Å². The standard InChI is InChI=1S/C22H38O9/c1-27-19(23)11-7-5-9-17(13-15-21(25)29-3)31-18(14-16-22(26)30-4)10-6-8-12-20(24)28-2/h17-18H,5-16H2,1-4H3. The molecular weight excluding hydrogens is 408 g/mol. The zero-order chi connectivity index (χ0) is 23.5. The monoisotopic (exact) mass is 446 g/mol. The van der Waals surface area contributed by atoms with E-state index in [-0.39, 0.29) is 48.9 Å². The molecule has 0 fully saturated rings. The van der Waals surface area contributed by atoms with E-state index in [9.17, 15) is 19.2 Å². The number of esters is 4. The Morgan fingerprint density at radius 2 is 0.806 bits per heavy atom. The van der Waals surface area contributed by atoms with Crippen molar-refractivity contribution in [1.29, 1.82) is 0 Å². The average Bonchev–Trinajstić information content (AvgIpc) is 2.79. The van der Waals surface area contributed by atoms with E-state index >= 15 is 0 Å². The fourth-order valence-corrected chi connectivity index (χ4v) is 3.08. The van der Waals surface area contributed by atoms with Gasteiger partial charge >= 0.3 is 23.9 Å². The third-order valence-electron chi connectivity index (χ3n) is 4.95. The van der Waals surface area contributed by atoms with Crippen molar-refractivity contribution in [2.24, 2.45) is 0 Å². The average molecular weight is 447 g/mol. The molecular formula is C22H38O9. The third kappa shape index (κ3) is 16.2. The van der Waals surface area contributed by atoms with Gasteiger partial charge in [-0.15, -0.1) is 0 Å². The molecule has 0 aromatic heterocycles. The molecule has 0 aliphatic rings. The number of carbonyl (C=O) groups excluding carboxylic acids is 4. The molecule has 31 heavy (non-hydrogen) atoms. The SMILES string of the molecule is COC(=O)CCCCC(CCC(=O)OC)OC(CCCCC(=O)OC)CCC(=O)OC. The Hall–Kier alpha value is -2.16. The summed E-state index contributed by atoms with van der Waals surface area (Å²) >= 11 is 0. The molecule has 2 unspecified atom stereocenters. The van der Waals surface area contributed by atoms with E-state index in [1.807, 2.05) is 0 Å². The summed E-state index contributed by atoms with van der Waals surface area (Å²) in [6.07, 6.45) is 5.83. The van der Waals surface area contributed by atoms with Crippen LogP contribution in [0.1, 0.15) is 77.0 Å². The summed E-state index contributed by atoms with van der Waals surface area (Å²) in [5, 5.41) is 0. The van der Waals surface area contributed by atoms with Crippen LogP contribution in [0.5, 0.6) is 0 Å². The van der Waals surface area contributed by atoms with E-state index in [1.54, 1.807) is 0 Å². The van der Waals surface area contributed by atoms with Crippen molar-refractivity contribution in [1.82, 2.24) is 0 Å². The Kier molecular flexibility index (Phi) is 17.3. The summed E-state index contributed by atoms with van der Waals surface area (Å²) in [6.45, 7) is 0. The predicted molar refractivity (Wildman–Crippen MR) is 112 cm³/mol. The molecule has 0 saturated heterocycles. The Morgan fingerprint density at radius 1 is 0.484 bits per heavy atom. The zero-order valence-corrected chi connectivity index (χ0v) is 19.3. The number of ether oxygens (including phenoxy) is 5. The van der Waals surface area contributed by atoms with Gasteiger partial charge in [0.05, 0.1) is 40.6 Å². The lowest BCUT2D eigenvalue weighted by atomic mass is 10.0. The van der Waals surface area contributed by atoms with Gasteiger partial charge < -0.3 is 23.7 Å². The highest BCUT2D eigenvalue weighted by Gasteiger charge is 2.20. The fourth-order valence-electron chi connectivity index (χ4n) is 3.08. The van der Waals surface area contributed by atoms with Crippen LogP contribution in [-0.2, 0) is 42.9 Å². The number of hydrogen-bond acceptors (Lipinski definition) is 9. The second-order valence-corrected chi connectivity index (χ2v) is 7.25. The summed E-state index contributed by atoms with van der Waals surface area (Å²) in [5.74, 6) is -1.14. The van der Waals surface area contributed by atoms with Gasteiger partial charge in [-0.2, -0.15) is 0 Å². The van der Waals surface area contributed by atoms with Crippen molar-refractivity contribution in [2.75, 3.05) is 28.4 Å². The molecule has 0 aromatic carbocycles. The molecule has 0 amide bonds. The van der Waals surface area contributed by atoms with Gasteiger partial charge in [0.25, 0.3) is 0 Å². The van der Waals surface area contributed by atoms with E-state index in [0.717, 1.165) is 12.8 Å². The van der Waals surface area contributed by atoms with E-state index in [1.165, 1.54) is 28.4 Å². The molecule has 0 bridgehead atoms. The number of rotatable bonds is 18. The van der Waals surface area contributed by atoms with Crippen LogP contribution >= 0.6 is 0 Å². The van der Waals surface area contributed by atoms with Gasteiger partial charge in [-0.3, -0.25) is 19.2 Å². The van der Waals surface area contributed by atoms with Crippen LogP contribution in [0.15, 0.2) is 0 Å². The van der Waals surface area contributed by atoms with Crippen molar-refractivity contribution in [2.45, 2.75) is 89.3 Å². The molecule has 0 radical (unpaired) electrons. The van der Waals surface area contributed by atoms with Gasteiger partial charge in [-0.05, 0) is 38.5 Å². The normalized spacial score (nSPS) is 12.5. The molecule has 2 atom stereocenters.